The molecule has 0 bridgehead atoms. The summed E-state index contributed by atoms with van der Waals surface area (Å²) in [7, 11) is 2.87. The van der Waals surface area contributed by atoms with Crippen LogP contribution in [0.5, 0.6) is 0 Å². The van der Waals surface area contributed by atoms with Gasteiger partial charge in [-0.05, 0) is 6.07 Å². The molecule has 0 fully saturated rings. The molecule has 0 aliphatic rings. The predicted molar refractivity (Wildman–Crippen MR) is 84.3 cm³/mol. The standard InChI is InChI=1S/C15H16N4O5/c1-16-11(20)7-19(2)12(21)8-24-15(23)13-9-5-3-4-6-10(9)14(22)18-17-13/h3-6H,7-8H2,1-2H3,(H,16,20)(H,18,22). The number of aromatic amines is 1. The molecule has 2 aromatic rings. The van der Waals surface area contributed by atoms with E-state index in [1.165, 1.54) is 14.1 Å². The van der Waals surface area contributed by atoms with Gasteiger partial charge in [0.2, 0.25) is 5.91 Å². The number of aromatic nitrogens is 2. The van der Waals surface area contributed by atoms with Gasteiger partial charge in [0.1, 0.15) is 0 Å². The molecule has 126 valence electrons. The minimum atomic E-state index is -0.843. The first kappa shape index (κ1) is 17.1. The Balaban J connectivity index is 2.09. The number of H-pyrrole nitrogens is 1. The van der Waals surface area contributed by atoms with Gasteiger partial charge in [0.25, 0.3) is 11.5 Å². The van der Waals surface area contributed by atoms with Crippen LogP contribution in [0.25, 0.3) is 10.8 Å². The summed E-state index contributed by atoms with van der Waals surface area (Å²) in [5.41, 5.74) is -0.518. The van der Waals surface area contributed by atoms with Gasteiger partial charge in [-0.2, -0.15) is 5.10 Å². The molecule has 2 rings (SSSR count). The smallest absolute Gasteiger partial charge is 0.359 e. The first-order valence-electron chi connectivity index (χ1n) is 7.03. The predicted octanol–water partition coefficient (Wildman–Crippen LogP) is -0.716. The number of fused-ring (bicyclic) bond motifs is 1. The lowest BCUT2D eigenvalue weighted by Crippen LogP contribution is -2.39. The van der Waals surface area contributed by atoms with Crippen LogP contribution >= 0.6 is 0 Å². The Labute approximate surface area is 136 Å². The van der Waals surface area contributed by atoms with Crippen molar-refractivity contribution < 1.29 is 19.1 Å². The highest BCUT2D eigenvalue weighted by Crippen LogP contribution is 2.13. The van der Waals surface area contributed by atoms with E-state index in [-0.39, 0.29) is 18.1 Å². The third-order valence-electron chi connectivity index (χ3n) is 3.30. The normalized spacial score (nSPS) is 10.2. The zero-order valence-electron chi connectivity index (χ0n) is 13.2. The second-order valence-corrected chi connectivity index (χ2v) is 4.95. The average molecular weight is 332 g/mol. The number of ether oxygens (including phenoxy) is 1. The Bertz CT molecular complexity index is 845. The number of likely N-dealkylation sites (N-methyl/N-ethyl adjacent to an activating group) is 2. The SMILES string of the molecule is CNC(=O)CN(C)C(=O)COC(=O)c1n[nH]c(=O)c2ccccc12. The van der Waals surface area contributed by atoms with Gasteiger partial charge in [-0.1, -0.05) is 18.2 Å². The number of rotatable bonds is 5. The van der Waals surface area contributed by atoms with Gasteiger partial charge in [-0.3, -0.25) is 14.4 Å². The van der Waals surface area contributed by atoms with Gasteiger partial charge >= 0.3 is 5.97 Å². The van der Waals surface area contributed by atoms with Crippen molar-refractivity contribution in [2.24, 2.45) is 0 Å². The number of carbonyl (C=O) groups excluding carboxylic acids is 3. The summed E-state index contributed by atoms with van der Waals surface area (Å²) in [5.74, 6) is -1.73. The highest BCUT2D eigenvalue weighted by molar-refractivity contribution is 6.02. The van der Waals surface area contributed by atoms with Gasteiger partial charge in [-0.25, -0.2) is 9.89 Å². The van der Waals surface area contributed by atoms with Crippen molar-refractivity contribution in [3.8, 4) is 0 Å². The molecule has 24 heavy (non-hydrogen) atoms. The number of amides is 2. The summed E-state index contributed by atoms with van der Waals surface area (Å²) in [6.07, 6.45) is 0. The van der Waals surface area contributed by atoms with Crippen molar-refractivity contribution in [2.45, 2.75) is 0 Å². The number of esters is 1. The van der Waals surface area contributed by atoms with E-state index in [2.05, 4.69) is 15.5 Å². The van der Waals surface area contributed by atoms with E-state index in [4.69, 9.17) is 4.74 Å². The summed E-state index contributed by atoms with van der Waals surface area (Å²) in [6, 6.07) is 6.43. The second-order valence-electron chi connectivity index (χ2n) is 4.95. The molecule has 1 aromatic carbocycles. The molecule has 0 aliphatic carbocycles. The molecule has 1 aromatic heterocycles. The molecular formula is C15H16N4O5. The van der Waals surface area contributed by atoms with Crippen molar-refractivity contribution in [1.29, 1.82) is 0 Å². The van der Waals surface area contributed by atoms with Gasteiger partial charge in [-0.15, -0.1) is 0 Å². The minimum Gasteiger partial charge on any atom is -0.451 e. The highest BCUT2D eigenvalue weighted by Gasteiger charge is 2.18. The first-order valence-corrected chi connectivity index (χ1v) is 7.03. The topological polar surface area (TPSA) is 121 Å². The third kappa shape index (κ3) is 3.75. The van der Waals surface area contributed by atoms with Crippen LogP contribution in [0, 0.1) is 0 Å². The zero-order valence-corrected chi connectivity index (χ0v) is 13.2. The van der Waals surface area contributed by atoms with Crippen LogP contribution in [0.2, 0.25) is 0 Å². The molecule has 0 unspecified atom stereocenters. The third-order valence-corrected chi connectivity index (χ3v) is 3.30. The average Bonchev–Trinajstić information content (AvgIpc) is 2.59. The van der Waals surface area contributed by atoms with Crippen molar-refractivity contribution in [2.75, 3.05) is 27.2 Å². The van der Waals surface area contributed by atoms with Crippen LogP contribution in [0.4, 0.5) is 0 Å². The fraction of sp³-hybridized carbons (Fsp3) is 0.267. The van der Waals surface area contributed by atoms with Crippen molar-refractivity contribution in [3.05, 3.63) is 40.3 Å². The van der Waals surface area contributed by atoms with E-state index in [0.29, 0.717) is 10.8 Å². The summed E-state index contributed by atoms with van der Waals surface area (Å²) >= 11 is 0. The maximum absolute atomic E-state index is 12.1. The van der Waals surface area contributed by atoms with E-state index >= 15 is 0 Å². The molecule has 0 atom stereocenters. The van der Waals surface area contributed by atoms with Crippen LogP contribution in [-0.4, -0.2) is 60.1 Å². The number of nitrogens with zero attached hydrogens (tertiary/aromatic N) is 2. The highest BCUT2D eigenvalue weighted by atomic mass is 16.5. The molecule has 0 saturated carbocycles. The number of hydrogen-bond donors (Lipinski definition) is 2. The molecule has 0 radical (unpaired) electrons. The van der Waals surface area contributed by atoms with E-state index in [1.807, 2.05) is 0 Å². The Morgan fingerprint density at radius 1 is 1.25 bits per heavy atom. The van der Waals surface area contributed by atoms with Crippen LogP contribution < -0.4 is 10.9 Å². The minimum absolute atomic E-state index is 0.0908. The zero-order chi connectivity index (χ0) is 17.7. The van der Waals surface area contributed by atoms with Crippen molar-refractivity contribution in [1.82, 2.24) is 20.4 Å². The summed E-state index contributed by atoms with van der Waals surface area (Å²) in [6.45, 7) is -0.686. The van der Waals surface area contributed by atoms with E-state index in [1.54, 1.807) is 24.3 Å². The Morgan fingerprint density at radius 3 is 2.58 bits per heavy atom. The molecule has 9 nitrogen and oxygen atoms in total. The largest absolute Gasteiger partial charge is 0.451 e. The van der Waals surface area contributed by atoms with Crippen LogP contribution in [-0.2, 0) is 14.3 Å². The van der Waals surface area contributed by atoms with E-state index in [9.17, 15) is 19.2 Å². The Kier molecular flexibility index (Phi) is 5.25. The molecule has 0 spiro atoms. The number of benzene rings is 1. The first-order chi connectivity index (χ1) is 11.4. The number of hydrogen-bond acceptors (Lipinski definition) is 6. The maximum atomic E-state index is 12.1. The molecule has 9 heteroatoms. The lowest BCUT2D eigenvalue weighted by molar-refractivity contribution is -0.137. The van der Waals surface area contributed by atoms with Gasteiger partial charge in [0, 0.05) is 19.5 Å². The van der Waals surface area contributed by atoms with Crippen molar-refractivity contribution >= 4 is 28.6 Å². The molecule has 2 N–H and O–H groups in total. The van der Waals surface area contributed by atoms with Gasteiger partial charge < -0.3 is 15.0 Å². The molecular weight excluding hydrogens is 316 g/mol. The van der Waals surface area contributed by atoms with E-state index in [0.717, 1.165) is 4.90 Å². The van der Waals surface area contributed by atoms with Crippen molar-refractivity contribution in [3.63, 3.8) is 0 Å². The molecule has 0 aliphatic heterocycles. The van der Waals surface area contributed by atoms with Crippen LogP contribution in [0.3, 0.4) is 0 Å². The van der Waals surface area contributed by atoms with E-state index < -0.39 is 24.0 Å². The molecule has 2 amide bonds. The Hall–Kier alpha value is -3.23. The molecule has 0 saturated heterocycles. The number of carbonyl (C=O) groups is 3. The Morgan fingerprint density at radius 2 is 1.92 bits per heavy atom. The monoisotopic (exact) mass is 332 g/mol. The lowest BCUT2D eigenvalue weighted by atomic mass is 10.1. The van der Waals surface area contributed by atoms with Gasteiger partial charge in [0.15, 0.2) is 12.3 Å². The van der Waals surface area contributed by atoms with Crippen LogP contribution in [0.15, 0.2) is 29.1 Å². The maximum Gasteiger partial charge on any atom is 0.359 e. The summed E-state index contributed by atoms with van der Waals surface area (Å²) in [4.78, 5) is 48.0. The quantitative estimate of drug-likeness (QED) is 0.697. The van der Waals surface area contributed by atoms with Gasteiger partial charge in [0.05, 0.1) is 11.9 Å². The second kappa shape index (κ2) is 7.36. The molecule has 1 heterocycles. The number of nitrogens with one attached hydrogen (secondary N) is 2. The fourth-order valence-corrected chi connectivity index (χ4v) is 1.96. The lowest BCUT2D eigenvalue weighted by Gasteiger charge is -2.15. The summed E-state index contributed by atoms with van der Waals surface area (Å²) < 4.78 is 4.93. The van der Waals surface area contributed by atoms with Crippen LogP contribution in [0.1, 0.15) is 10.5 Å². The fourth-order valence-electron chi connectivity index (χ4n) is 1.96. The summed E-state index contributed by atoms with van der Waals surface area (Å²) in [5, 5.41) is 8.91.